The van der Waals surface area contributed by atoms with Crippen molar-refractivity contribution >= 4 is 5.91 Å². The molecule has 8 nitrogen and oxygen atoms in total. The lowest BCUT2D eigenvalue weighted by Crippen LogP contribution is -2.32. The first-order valence-electron chi connectivity index (χ1n) is 9.22. The van der Waals surface area contributed by atoms with Gasteiger partial charge in [-0.1, -0.05) is 12.1 Å². The van der Waals surface area contributed by atoms with Crippen molar-refractivity contribution in [1.29, 1.82) is 0 Å². The first-order valence-corrected chi connectivity index (χ1v) is 9.22. The molecule has 0 saturated heterocycles. The summed E-state index contributed by atoms with van der Waals surface area (Å²) in [5.41, 5.74) is 3.67. The fraction of sp³-hybridized carbons (Fsp3) is 0.300. The standard InChI is InChI=1S/C20H21N5O3/c1-28-18-8-3-2-6-14(18)16-12-17(23-22-16)20(27)21-9-10-25-19(26)11-13-5-4-7-15(13)24-25/h2-3,6,8,11-12H,4-5,7,9-10H2,1H3,(H,21,27)(H,22,23). The summed E-state index contributed by atoms with van der Waals surface area (Å²) >= 11 is 0. The Kier molecular flexibility index (Phi) is 4.92. The number of benzene rings is 1. The zero-order valence-corrected chi connectivity index (χ0v) is 15.6. The van der Waals surface area contributed by atoms with Gasteiger partial charge in [0, 0.05) is 18.2 Å². The monoisotopic (exact) mass is 379 g/mol. The van der Waals surface area contributed by atoms with Gasteiger partial charge in [0.05, 0.1) is 25.0 Å². The molecule has 2 heterocycles. The Morgan fingerprint density at radius 3 is 3.00 bits per heavy atom. The van der Waals surface area contributed by atoms with Gasteiger partial charge in [0.1, 0.15) is 11.4 Å². The van der Waals surface area contributed by atoms with Crippen molar-refractivity contribution in [1.82, 2.24) is 25.3 Å². The second-order valence-electron chi connectivity index (χ2n) is 6.65. The highest BCUT2D eigenvalue weighted by Crippen LogP contribution is 2.28. The molecule has 8 heteroatoms. The van der Waals surface area contributed by atoms with Gasteiger partial charge in [0.25, 0.3) is 11.5 Å². The molecule has 1 amide bonds. The number of carbonyl (C=O) groups excluding carboxylic acids is 1. The number of rotatable bonds is 6. The fourth-order valence-corrected chi connectivity index (χ4v) is 3.40. The van der Waals surface area contributed by atoms with Crippen LogP contribution in [0.25, 0.3) is 11.3 Å². The lowest BCUT2D eigenvalue weighted by atomic mass is 10.1. The SMILES string of the molecule is COc1ccccc1-c1cc(C(=O)NCCn2nc3c(cc2=O)CCC3)[nH]n1. The number of nitrogens with zero attached hydrogens (tertiary/aromatic N) is 3. The van der Waals surface area contributed by atoms with Gasteiger partial charge in [0.2, 0.25) is 0 Å². The van der Waals surface area contributed by atoms with Crippen molar-refractivity contribution in [2.45, 2.75) is 25.8 Å². The molecule has 1 aromatic carbocycles. The van der Waals surface area contributed by atoms with Crippen LogP contribution in [0.5, 0.6) is 5.75 Å². The van der Waals surface area contributed by atoms with Crippen LogP contribution in [0, 0.1) is 0 Å². The summed E-state index contributed by atoms with van der Waals surface area (Å²) < 4.78 is 6.75. The van der Waals surface area contributed by atoms with Gasteiger partial charge in [-0.05, 0) is 43.0 Å². The van der Waals surface area contributed by atoms with Gasteiger partial charge in [-0.3, -0.25) is 14.7 Å². The number of amides is 1. The number of methoxy groups -OCH3 is 1. The number of carbonyl (C=O) groups is 1. The normalized spacial score (nSPS) is 12.6. The van der Waals surface area contributed by atoms with Gasteiger partial charge in [-0.15, -0.1) is 0 Å². The summed E-state index contributed by atoms with van der Waals surface area (Å²) in [5, 5.41) is 14.1. The first kappa shape index (κ1) is 18.0. The summed E-state index contributed by atoms with van der Waals surface area (Å²) in [6.45, 7) is 0.624. The minimum absolute atomic E-state index is 0.130. The Hall–Kier alpha value is -3.42. The van der Waals surface area contributed by atoms with Crippen LogP contribution in [-0.2, 0) is 19.4 Å². The minimum Gasteiger partial charge on any atom is -0.496 e. The van der Waals surface area contributed by atoms with Crippen LogP contribution >= 0.6 is 0 Å². The Labute approximate surface area is 161 Å². The Balaban J connectivity index is 1.40. The summed E-state index contributed by atoms with van der Waals surface area (Å²) in [6, 6.07) is 10.8. The molecule has 1 aliphatic rings. The average Bonchev–Trinajstić information content (AvgIpc) is 3.37. The molecule has 0 spiro atoms. The minimum atomic E-state index is -0.289. The summed E-state index contributed by atoms with van der Waals surface area (Å²) in [4.78, 5) is 24.5. The number of aromatic nitrogens is 4. The first-order chi connectivity index (χ1) is 13.7. The predicted octanol–water partition coefficient (Wildman–Crippen LogP) is 1.56. The van der Waals surface area contributed by atoms with Crippen molar-refractivity contribution in [2.75, 3.05) is 13.7 Å². The highest BCUT2D eigenvalue weighted by molar-refractivity contribution is 5.93. The molecule has 0 fully saturated rings. The van der Waals surface area contributed by atoms with E-state index in [1.807, 2.05) is 24.3 Å². The highest BCUT2D eigenvalue weighted by Gasteiger charge is 2.16. The molecule has 4 rings (SSSR count). The summed E-state index contributed by atoms with van der Waals surface area (Å²) in [6.07, 6.45) is 2.86. The molecule has 28 heavy (non-hydrogen) atoms. The fourth-order valence-electron chi connectivity index (χ4n) is 3.40. The molecule has 2 N–H and O–H groups in total. The third-order valence-electron chi connectivity index (χ3n) is 4.84. The number of fused-ring (bicyclic) bond motifs is 1. The number of aryl methyl sites for hydroxylation is 2. The van der Waals surface area contributed by atoms with Crippen molar-refractivity contribution in [3.8, 4) is 17.0 Å². The maximum Gasteiger partial charge on any atom is 0.269 e. The second kappa shape index (κ2) is 7.67. The van der Waals surface area contributed by atoms with E-state index in [2.05, 4.69) is 20.6 Å². The van der Waals surface area contributed by atoms with Gasteiger partial charge in [-0.25, -0.2) is 4.68 Å². The van der Waals surface area contributed by atoms with E-state index in [1.165, 1.54) is 4.68 Å². The van der Waals surface area contributed by atoms with Crippen LogP contribution in [0.1, 0.15) is 28.2 Å². The molecular weight excluding hydrogens is 358 g/mol. The van der Waals surface area contributed by atoms with Gasteiger partial charge in [0.15, 0.2) is 0 Å². The van der Waals surface area contributed by atoms with Crippen LogP contribution in [0.15, 0.2) is 41.2 Å². The number of ether oxygens (including phenoxy) is 1. The number of para-hydroxylation sites is 1. The summed E-state index contributed by atoms with van der Waals surface area (Å²) in [5.74, 6) is 0.394. The van der Waals surface area contributed by atoms with Crippen LogP contribution in [-0.4, -0.2) is 39.5 Å². The van der Waals surface area contributed by atoms with E-state index >= 15 is 0 Å². The molecule has 1 aliphatic carbocycles. The largest absolute Gasteiger partial charge is 0.496 e. The zero-order valence-electron chi connectivity index (χ0n) is 15.6. The van der Waals surface area contributed by atoms with Crippen molar-refractivity contribution in [2.24, 2.45) is 0 Å². The Morgan fingerprint density at radius 2 is 2.14 bits per heavy atom. The lowest BCUT2D eigenvalue weighted by Gasteiger charge is -2.07. The lowest BCUT2D eigenvalue weighted by molar-refractivity contribution is 0.0946. The number of aromatic amines is 1. The molecule has 0 saturated carbocycles. The van der Waals surface area contributed by atoms with Crippen molar-refractivity contribution in [3.63, 3.8) is 0 Å². The van der Waals surface area contributed by atoms with E-state index in [0.717, 1.165) is 36.1 Å². The van der Waals surface area contributed by atoms with E-state index in [1.54, 1.807) is 19.2 Å². The average molecular weight is 379 g/mol. The molecule has 0 atom stereocenters. The van der Waals surface area contributed by atoms with Crippen LogP contribution in [0.3, 0.4) is 0 Å². The van der Waals surface area contributed by atoms with Crippen LogP contribution in [0.4, 0.5) is 0 Å². The molecular formula is C20H21N5O3. The maximum atomic E-state index is 12.4. The molecule has 0 unspecified atom stereocenters. The van der Waals surface area contributed by atoms with Crippen molar-refractivity contribution in [3.05, 3.63) is 63.7 Å². The van der Waals surface area contributed by atoms with E-state index < -0.39 is 0 Å². The molecule has 144 valence electrons. The van der Waals surface area contributed by atoms with E-state index in [0.29, 0.717) is 30.2 Å². The molecule has 0 aliphatic heterocycles. The van der Waals surface area contributed by atoms with Crippen molar-refractivity contribution < 1.29 is 9.53 Å². The second-order valence-corrected chi connectivity index (χ2v) is 6.65. The van der Waals surface area contributed by atoms with E-state index in [9.17, 15) is 9.59 Å². The van der Waals surface area contributed by atoms with Gasteiger partial charge < -0.3 is 10.1 Å². The molecule has 0 radical (unpaired) electrons. The molecule has 0 bridgehead atoms. The predicted molar refractivity (Wildman–Crippen MR) is 103 cm³/mol. The third-order valence-corrected chi connectivity index (χ3v) is 4.84. The smallest absolute Gasteiger partial charge is 0.269 e. The van der Waals surface area contributed by atoms with E-state index in [4.69, 9.17) is 4.74 Å². The quantitative estimate of drug-likeness (QED) is 0.677. The van der Waals surface area contributed by atoms with Gasteiger partial charge >= 0.3 is 0 Å². The number of hydrogen-bond acceptors (Lipinski definition) is 5. The number of hydrogen-bond donors (Lipinski definition) is 2. The third kappa shape index (κ3) is 3.53. The topological polar surface area (TPSA) is 102 Å². The molecule has 2 aromatic heterocycles. The van der Waals surface area contributed by atoms with Crippen LogP contribution in [0.2, 0.25) is 0 Å². The zero-order chi connectivity index (χ0) is 19.5. The summed E-state index contributed by atoms with van der Waals surface area (Å²) in [7, 11) is 1.59. The number of H-pyrrole nitrogens is 1. The van der Waals surface area contributed by atoms with Crippen LogP contribution < -0.4 is 15.6 Å². The Morgan fingerprint density at radius 1 is 1.29 bits per heavy atom. The highest BCUT2D eigenvalue weighted by atomic mass is 16.5. The van der Waals surface area contributed by atoms with Gasteiger partial charge in [-0.2, -0.15) is 10.2 Å². The molecule has 3 aromatic rings. The van der Waals surface area contributed by atoms with E-state index in [-0.39, 0.29) is 11.5 Å². The Bertz CT molecular complexity index is 1070. The maximum absolute atomic E-state index is 12.4. The number of nitrogens with one attached hydrogen (secondary N) is 2.